The van der Waals surface area contributed by atoms with Gasteiger partial charge in [-0.2, -0.15) is 0 Å². The van der Waals surface area contributed by atoms with Gasteiger partial charge in [-0.05, 0) is 87.3 Å². The number of carbonyl (C=O) groups is 1. The number of benzene rings is 1. The predicted octanol–water partition coefficient (Wildman–Crippen LogP) is 5.07. The van der Waals surface area contributed by atoms with Gasteiger partial charge < -0.3 is 5.32 Å². The van der Waals surface area contributed by atoms with E-state index in [4.69, 9.17) is 4.98 Å². The summed E-state index contributed by atoms with van der Waals surface area (Å²) in [7, 11) is 0. The van der Waals surface area contributed by atoms with E-state index in [1.165, 1.54) is 33.7 Å². The minimum Gasteiger partial charge on any atom is -0.349 e. The van der Waals surface area contributed by atoms with Crippen molar-refractivity contribution in [2.24, 2.45) is 5.41 Å². The second-order valence-corrected chi connectivity index (χ2v) is 9.89. The van der Waals surface area contributed by atoms with Crippen molar-refractivity contribution in [1.82, 2.24) is 15.3 Å². The van der Waals surface area contributed by atoms with Gasteiger partial charge in [0.2, 0.25) is 0 Å². The summed E-state index contributed by atoms with van der Waals surface area (Å²) in [6.45, 7) is 6.24. The number of nitrogens with zero attached hydrogens (tertiary/aromatic N) is 2. The molecule has 1 amide bonds. The summed E-state index contributed by atoms with van der Waals surface area (Å²) < 4.78 is 1.31. The Morgan fingerprint density at radius 3 is 2.61 bits per heavy atom. The lowest BCUT2D eigenvalue weighted by molar-refractivity contribution is -0.0187. The normalized spacial score (nSPS) is 26.1. The van der Waals surface area contributed by atoms with Gasteiger partial charge in [-0.1, -0.05) is 0 Å². The standard InChI is InChI=1S/C23H25N3OS/c1-13-6-19-20(7-14(13)2)28-22(26-19)17-9-23(10-17)11-18(12-23)25-21(27)16-4-5-24-15(3)8-16/h4-8,17-18H,9-12H2,1-3H3,(H,25,27). The van der Waals surface area contributed by atoms with Crippen LogP contribution < -0.4 is 5.32 Å². The number of fused-ring (bicyclic) bond motifs is 1. The summed E-state index contributed by atoms with van der Waals surface area (Å²) in [5.74, 6) is 0.621. The molecule has 5 heteroatoms. The van der Waals surface area contributed by atoms with E-state index in [2.05, 4.69) is 36.3 Å². The van der Waals surface area contributed by atoms with E-state index in [-0.39, 0.29) is 5.91 Å². The Labute approximate surface area is 169 Å². The fourth-order valence-corrected chi connectivity index (χ4v) is 6.06. The maximum atomic E-state index is 12.4. The zero-order valence-corrected chi connectivity index (χ0v) is 17.4. The van der Waals surface area contributed by atoms with Crippen LogP contribution in [0, 0.1) is 26.2 Å². The van der Waals surface area contributed by atoms with E-state index in [9.17, 15) is 4.79 Å². The van der Waals surface area contributed by atoms with Crippen molar-refractivity contribution >= 4 is 27.5 Å². The van der Waals surface area contributed by atoms with Gasteiger partial charge in [-0.3, -0.25) is 9.78 Å². The zero-order chi connectivity index (χ0) is 19.5. The molecule has 2 aromatic heterocycles. The predicted molar refractivity (Wildman–Crippen MR) is 113 cm³/mol. The van der Waals surface area contributed by atoms with E-state index >= 15 is 0 Å². The molecule has 3 aromatic rings. The first-order chi connectivity index (χ1) is 13.4. The molecule has 0 bridgehead atoms. The summed E-state index contributed by atoms with van der Waals surface area (Å²) in [6.07, 6.45) is 6.33. The third-order valence-corrected chi connectivity index (χ3v) is 7.76. The van der Waals surface area contributed by atoms with Gasteiger partial charge >= 0.3 is 0 Å². The second kappa shape index (κ2) is 6.38. The molecule has 4 nitrogen and oxygen atoms in total. The molecule has 2 heterocycles. The Morgan fingerprint density at radius 1 is 1.11 bits per heavy atom. The Morgan fingerprint density at radius 2 is 1.86 bits per heavy atom. The molecular weight excluding hydrogens is 366 g/mol. The van der Waals surface area contributed by atoms with Crippen LogP contribution in [-0.4, -0.2) is 21.9 Å². The van der Waals surface area contributed by atoms with Crippen molar-refractivity contribution in [1.29, 1.82) is 0 Å². The quantitative estimate of drug-likeness (QED) is 0.678. The van der Waals surface area contributed by atoms with Crippen LogP contribution in [0.15, 0.2) is 30.5 Å². The Hall–Kier alpha value is -2.27. The first-order valence-electron chi connectivity index (χ1n) is 10.0. The zero-order valence-electron chi connectivity index (χ0n) is 16.6. The van der Waals surface area contributed by atoms with Crippen LogP contribution in [0.1, 0.15) is 63.8 Å². The lowest BCUT2D eigenvalue weighted by Gasteiger charge is -2.57. The van der Waals surface area contributed by atoms with Crippen LogP contribution >= 0.6 is 11.3 Å². The van der Waals surface area contributed by atoms with Crippen LogP contribution in [0.3, 0.4) is 0 Å². The monoisotopic (exact) mass is 391 g/mol. The van der Waals surface area contributed by atoms with Gasteiger partial charge in [0.1, 0.15) is 0 Å². The van der Waals surface area contributed by atoms with Crippen molar-refractivity contribution in [3.05, 3.63) is 57.9 Å². The van der Waals surface area contributed by atoms with Crippen molar-refractivity contribution in [3.8, 4) is 0 Å². The molecule has 0 atom stereocenters. The number of aryl methyl sites for hydroxylation is 3. The smallest absolute Gasteiger partial charge is 0.251 e. The number of hydrogen-bond acceptors (Lipinski definition) is 4. The number of pyridine rings is 1. The SMILES string of the molecule is Cc1cc(C(=O)NC2CC3(C2)CC(c2nc4cc(C)c(C)cc4s2)C3)ccn1. The molecule has 2 aliphatic carbocycles. The number of carbonyl (C=O) groups excluding carboxylic acids is 1. The van der Waals surface area contributed by atoms with Crippen LogP contribution in [0.5, 0.6) is 0 Å². The fraction of sp³-hybridized carbons (Fsp3) is 0.435. The van der Waals surface area contributed by atoms with E-state index in [1.54, 1.807) is 12.3 Å². The van der Waals surface area contributed by atoms with E-state index < -0.39 is 0 Å². The van der Waals surface area contributed by atoms with Gasteiger partial charge in [-0.15, -0.1) is 11.3 Å². The maximum Gasteiger partial charge on any atom is 0.251 e. The average Bonchev–Trinajstić information content (AvgIpc) is 2.98. The molecule has 1 N–H and O–H groups in total. The Balaban J connectivity index is 1.19. The molecule has 1 spiro atoms. The molecule has 0 aliphatic heterocycles. The Bertz CT molecular complexity index is 1030. The summed E-state index contributed by atoms with van der Waals surface area (Å²) in [4.78, 5) is 21.5. The summed E-state index contributed by atoms with van der Waals surface area (Å²) in [6, 6.07) is 8.43. The topological polar surface area (TPSA) is 54.9 Å². The largest absolute Gasteiger partial charge is 0.349 e. The van der Waals surface area contributed by atoms with Gasteiger partial charge in [0.15, 0.2) is 0 Å². The highest BCUT2D eigenvalue weighted by Crippen LogP contribution is 2.62. The minimum absolute atomic E-state index is 0.0261. The molecule has 0 unspecified atom stereocenters. The molecule has 2 saturated carbocycles. The van der Waals surface area contributed by atoms with E-state index in [0.29, 0.717) is 22.9 Å². The van der Waals surface area contributed by atoms with Crippen molar-refractivity contribution < 1.29 is 4.79 Å². The van der Waals surface area contributed by atoms with E-state index in [1.807, 2.05) is 24.3 Å². The first kappa shape index (κ1) is 17.8. The second-order valence-electron chi connectivity index (χ2n) is 8.83. The van der Waals surface area contributed by atoms with Crippen LogP contribution in [0.4, 0.5) is 0 Å². The molecule has 144 valence electrons. The van der Waals surface area contributed by atoms with Gasteiger partial charge in [0.25, 0.3) is 5.91 Å². The molecule has 0 radical (unpaired) electrons. The Kier molecular flexibility index (Phi) is 4.05. The van der Waals surface area contributed by atoms with Crippen LogP contribution in [0.2, 0.25) is 0 Å². The molecule has 2 aliphatic rings. The van der Waals surface area contributed by atoms with Crippen molar-refractivity contribution in [2.45, 2.75) is 58.4 Å². The highest BCUT2D eigenvalue weighted by molar-refractivity contribution is 7.18. The first-order valence-corrected chi connectivity index (χ1v) is 10.8. The summed E-state index contributed by atoms with van der Waals surface area (Å²) in [5.41, 5.74) is 5.82. The number of aromatic nitrogens is 2. The van der Waals surface area contributed by atoms with Crippen LogP contribution in [0.25, 0.3) is 10.2 Å². The third kappa shape index (κ3) is 3.02. The summed E-state index contributed by atoms with van der Waals surface area (Å²) in [5, 5.41) is 4.49. The number of amides is 1. The molecule has 5 rings (SSSR count). The molecule has 28 heavy (non-hydrogen) atoms. The maximum absolute atomic E-state index is 12.4. The lowest BCUT2D eigenvalue weighted by atomic mass is 9.50. The molecule has 2 fully saturated rings. The third-order valence-electron chi connectivity index (χ3n) is 6.58. The molecule has 0 saturated heterocycles. The van der Waals surface area contributed by atoms with Crippen LogP contribution in [-0.2, 0) is 0 Å². The van der Waals surface area contributed by atoms with Crippen molar-refractivity contribution in [2.75, 3.05) is 0 Å². The van der Waals surface area contributed by atoms with Gasteiger partial charge in [-0.25, -0.2) is 4.98 Å². The lowest BCUT2D eigenvalue weighted by Crippen LogP contribution is -2.55. The minimum atomic E-state index is 0.0261. The number of nitrogens with one attached hydrogen (secondary N) is 1. The van der Waals surface area contributed by atoms with E-state index in [0.717, 1.165) is 24.1 Å². The van der Waals surface area contributed by atoms with Crippen molar-refractivity contribution in [3.63, 3.8) is 0 Å². The fourth-order valence-electron chi connectivity index (χ4n) is 4.91. The number of thiazole rings is 1. The molecular formula is C23H25N3OS. The van der Waals surface area contributed by atoms with Gasteiger partial charge in [0.05, 0.1) is 15.2 Å². The summed E-state index contributed by atoms with van der Waals surface area (Å²) >= 11 is 1.86. The van der Waals surface area contributed by atoms with Gasteiger partial charge in [0, 0.05) is 29.4 Å². The highest BCUT2D eigenvalue weighted by Gasteiger charge is 2.54. The highest BCUT2D eigenvalue weighted by atomic mass is 32.1. The average molecular weight is 392 g/mol. The number of hydrogen-bond donors (Lipinski definition) is 1. The molecule has 1 aromatic carbocycles. The number of rotatable bonds is 3.